The van der Waals surface area contributed by atoms with Gasteiger partial charge in [0.1, 0.15) is 0 Å². The van der Waals surface area contributed by atoms with Crippen molar-refractivity contribution >= 4 is 11.6 Å². The van der Waals surface area contributed by atoms with Crippen LogP contribution in [0.25, 0.3) is 0 Å². The van der Waals surface area contributed by atoms with Crippen LogP contribution < -0.4 is 10.6 Å². The SMILES string of the molecule is CCCNc1ccc(C(=O)NCC)c(C)c1. The summed E-state index contributed by atoms with van der Waals surface area (Å²) >= 11 is 0. The van der Waals surface area contributed by atoms with Gasteiger partial charge in [-0.2, -0.15) is 0 Å². The first-order valence-corrected chi connectivity index (χ1v) is 5.81. The number of nitrogens with one attached hydrogen (secondary N) is 2. The first-order chi connectivity index (χ1) is 7.69. The zero-order valence-corrected chi connectivity index (χ0v) is 10.3. The second kappa shape index (κ2) is 6.16. The zero-order chi connectivity index (χ0) is 12.0. The average Bonchev–Trinajstić information content (AvgIpc) is 2.26. The fourth-order valence-electron chi connectivity index (χ4n) is 1.55. The van der Waals surface area contributed by atoms with Crippen molar-refractivity contribution in [2.75, 3.05) is 18.4 Å². The summed E-state index contributed by atoms with van der Waals surface area (Å²) in [5.41, 5.74) is 2.84. The van der Waals surface area contributed by atoms with E-state index in [1.807, 2.05) is 32.0 Å². The number of benzene rings is 1. The van der Waals surface area contributed by atoms with Crippen LogP contribution >= 0.6 is 0 Å². The first kappa shape index (κ1) is 12.6. The molecule has 0 aliphatic heterocycles. The van der Waals surface area contributed by atoms with Gasteiger partial charge in [-0.25, -0.2) is 0 Å². The third-order valence-corrected chi connectivity index (χ3v) is 2.39. The van der Waals surface area contributed by atoms with Gasteiger partial charge < -0.3 is 10.6 Å². The van der Waals surface area contributed by atoms with E-state index in [1.54, 1.807) is 0 Å². The summed E-state index contributed by atoms with van der Waals surface area (Å²) in [5.74, 6) is 0.00189. The molecule has 0 heterocycles. The Bertz CT molecular complexity index is 361. The van der Waals surface area contributed by atoms with Gasteiger partial charge in [0.15, 0.2) is 0 Å². The average molecular weight is 220 g/mol. The number of rotatable bonds is 5. The lowest BCUT2D eigenvalue weighted by Crippen LogP contribution is -2.23. The van der Waals surface area contributed by atoms with Crippen molar-refractivity contribution in [2.45, 2.75) is 27.2 Å². The Hall–Kier alpha value is -1.51. The van der Waals surface area contributed by atoms with Crippen molar-refractivity contribution in [1.82, 2.24) is 5.32 Å². The van der Waals surface area contributed by atoms with Gasteiger partial charge in [0, 0.05) is 24.3 Å². The predicted octanol–water partition coefficient (Wildman–Crippen LogP) is 2.57. The maximum atomic E-state index is 11.7. The standard InChI is InChI=1S/C13H20N2O/c1-4-8-15-11-6-7-12(10(3)9-11)13(16)14-5-2/h6-7,9,15H,4-5,8H2,1-3H3,(H,14,16). The molecular weight excluding hydrogens is 200 g/mol. The number of hydrogen-bond donors (Lipinski definition) is 2. The lowest BCUT2D eigenvalue weighted by molar-refractivity contribution is 0.0955. The fraction of sp³-hybridized carbons (Fsp3) is 0.462. The Kier molecular flexibility index (Phi) is 4.83. The third-order valence-electron chi connectivity index (χ3n) is 2.39. The van der Waals surface area contributed by atoms with Crippen LogP contribution in [0.3, 0.4) is 0 Å². The lowest BCUT2D eigenvalue weighted by Gasteiger charge is -2.09. The number of aryl methyl sites for hydroxylation is 1. The molecule has 1 aromatic carbocycles. The van der Waals surface area contributed by atoms with Crippen molar-refractivity contribution in [3.05, 3.63) is 29.3 Å². The van der Waals surface area contributed by atoms with E-state index >= 15 is 0 Å². The molecule has 16 heavy (non-hydrogen) atoms. The minimum atomic E-state index is 0.00189. The molecule has 2 N–H and O–H groups in total. The molecule has 0 radical (unpaired) electrons. The zero-order valence-electron chi connectivity index (χ0n) is 10.3. The van der Waals surface area contributed by atoms with Crippen molar-refractivity contribution in [3.8, 4) is 0 Å². The summed E-state index contributed by atoms with van der Waals surface area (Å²) in [4.78, 5) is 11.7. The first-order valence-electron chi connectivity index (χ1n) is 5.81. The van der Waals surface area contributed by atoms with E-state index in [2.05, 4.69) is 17.6 Å². The maximum Gasteiger partial charge on any atom is 0.251 e. The smallest absolute Gasteiger partial charge is 0.251 e. The molecule has 3 heteroatoms. The van der Waals surface area contributed by atoms with Gasteiger partial charge in [0.05, 0.1) is 0 Å². The van der Waals surface area contributed by atoms with Gasteiger partial charge in [-0.05, 0) is 44.0 Å². The van der Waals surface area contributed by atoms with Gasteiger partial charge in [-0.3, -0.25) is 4.79 Å². The van der Waals surface area contributed by atoms with Crippen LogP contribution in [0.2, 0.25) is 0 Å². The number of hydrogen-bond acceptors (Lipinski definition) is 2. The van der Waals surface area contributed by atoms with E-state index in [9.17, 15) is 4.79 Å². The van der Waals surface area contributed by atoms with Crippen molar-refractivity contribution < 1.29 is 4.79 Å². The number of carbonyl (C=O) groups is 1. The van der Waals surface area contributed by atoms with E-state index in [0.29, 0.717) is 6.54 Å². The topological polar surface area (TPSA) is 41.1 Å². The number of anilines is 1. The van der Waals surface area contributed by atoms with Gasteiger partial charge in [0.2, 0.25) is 0 Å². The molecule has 0 saturated heterocycles. The van der Waals surface area contributed by atoms with Gasteiger partial charge in [-0.1, -0.05) is 6.92 Å². The molecule has 1 amide bonds. The molecule has 0 bridgehead atoms. The fourth-order valence-corrected chi connectivity index (χ4v) is 1.55. The maximum absolute atomic E-state index is 11.7. The third kappa shape index (κ3) is 3.26. The summed E-state index contributed by atoms with van der Waals surface area (Å²) in [7, 11) is 0. The minimum absolute atomic E-state index is 0.00189. The summed E-state index contributed by atoms with van der Waals surface area (Å²) in [6.45, 7) is 7.63. The largest absolute Gasteiger partial charge is 0.385 e. The van der Waals surface area contributed by atoms with Crippen LogP contribution in [0, 0.1) is 6.92 Å². The van der Waals surface area contributed by atoms with Crippen molar-refractivity contribution in [3.63, 3.8) is 0 Å². The van der Waals surface area contributed by atoms with Crippen molar-refractivity contribution in [2.24, 2.45) is 0 Å². The molecule has 1 aromatic rings. The Balaban J connectivity index is 2.78. The van der Waals surface area contributed by atoms with E-state index in [4.69, 9.17) is 0 Å². The monoisotopic (exact) mass is 220 g/mol. The summed E-state index contributed by atoms with van der Waals surface area (Å²) in [5, 5.41) is 6.11. The minimum Gasteiger partial charge on any atom is -0.385 e. The van der Waals surface area contributed by atoms with Crippen LogP contribution in [0.4, 0.5) is 5.69 Å². The molecule has 0 saturated carbocycles. The second-order valence-corrected chi connectivity index (χ2v) is 3.82. The van der Waals surface area contributed by atoms with Gasteiger partial charge in [-0.15, -0.1) is 0 Å². The summed E-state index contributed by atoms with van der Waals surface area (Å²) in [6.07, 6.45) is 1.09. The lowest BCUT2D eigenvalue weighted by atomic mass is 10.1. The van der Waals surface area contributed by atoms with E-state index in [0.717, 1.165) is 29.8 Å². The molecular formula is C13H20N2O. The van der Waals surface area contributed by atoms with E-state index in [-0.39, 0.29) is 5.91 Å². The van der Waals surface area contributed by atoms with Crippen LogP contribution in [-0.2, 0) is 0 Å². The van der Waals surface area contributed by atoms with E-state index < -0.39 is 0 Å². The predicted molar refractivity (Wildman–Crippen MR) is 68.0 cm³/mol. The Morgan fingerprint density at radius 1 is 1.31 bits per heavy atom. The highest BCUT2D eigenvalue weighted by Crippen LogP contribution is 2.15. The number of carbonyl (C=O) groups excluding carboxylic acids is 1. The molecule has 0 spiro atoms. The molecule has 0 aromatic heterocycles. The van der Waals surface area contributed by atoms with Gasteiger partial charge in [0.25, 0.3) is 5.91 Å². The van der Waals surface area contributed by atoms with Crippen LogP contribution in [0.15, 0.2) is 18.2 Å². The molecule has 0 fully saturated rings. The number of amides is 1. The quantitative estimate of drug-likeness (QED) is 0.800. The van der Waals surface area contributed by atoms with E-state index in [1.165, 1.54) is 0 Å². The van der Waals surface area contributed by atoms with Crippen LogP contribution in [-0.4, -0.2) is 19.0 Å². The Labute approximate surface area is 97.2 Å². The highest BCUT2D eigenvalue weighted by atomic mass is 16.1. The molecule has 88 valence electrons. The summed E-state index contributed by atoms with van der Waals surface area (Å²) < 4.78 is 0. The molecule has 0 aliphatic carbocycles. The van der Waals surface area contributed by atoms with Crippen molar-refractivity contribution in [1.29, 1.82) is 0 Å². The Morgan fingerprint density at radius 2 is 2.06 bits per heavy atom. The molecule has 0 unspecified atom stereocenters. The highest BCUT2D eigenvalue weighted by Gasteiger charge is 2.07. The second-order valence-electron chi connectivity index (χ2n) is 3.82. The highest BCUT2D eigenvalue weighted by molar-refractivity contribution is 5.96. The normalized spacial score (nSPS) is 9.94. The van der Waals surface area contributed by atoms with Crippen LogP contribution in [0.1, 0.15) is 36.2 Å². The molecule has 1 rings (SSSR count). The molecule has 0 atom stereocenters. The van der Waals surface area contributed by atoms with Gasteiger partial charge >= 0.3 is 0 Å². The molecule has 3 nitrogen and oxygen atoms in total. The van der Waals surface area contributed by atoms with Crippen LogP contribution in [0.5, 0.6) is 0 Å². The summed E-state index contributed by atoms with van der Waals surface area (Å²) in [6, 6.07) is 5.84. The molecule has 0 aliphatic rings. The Morgan fingerprint density at radius 3 is 2.62 bits per heavy atom.